The van der Waals surface area contributed by atoms with Crippen LogP contribution in [0.1, 0.15) is 24.0 Å². The number of likely N-dealkylation sites (tertiary alicyclic amines) is 1. The third-order valence-electron chi connectivity index (χ3n) is 4.88. The first-order valence-electron chi connectivity index (χ1n) is 8.82. The van der Waals surface area contributed by atoms with Crippen LogP contribution in [0, 0.1) is 5.41 Å². The van der Waals surface area contributed by atoms with Gasteiger partial charge in [0.2, 0.25) is 0 Å². The normalized spacial score (nSPS) is 19.8. The van der Waals surface area contributed by atoms with Gasteiger partial charge in [0.25, 0.3) is 0 Å². The highest BCUT2D eigenvalue weighted by Crippen LogP contribution is 2.34. The molecule has 5 nitrogen and oxygen atoms in total. The van der Waals surface area contributed by atoms with E-state index >= 15 is 0 Å². The van der Waals surface area contributed by atoms with Crippen molar-refractivity contribution in [2.24, 2.45) is 5.41 Å². The molecule has 2 aromatic carbocycles. The SMILES string of the molecule is O=C(OCc1ccccc1)N1CCCC(Cc2ccccc2)(C(=O)O)C1. The first kappa shape index (κ1) is 18.0. The third kappa shape index (κ3) is 4.23. The van der Waals surface area contributed by atoms with Crippen LogP contribution in [0.15, 0.2) is 60.7 Å². The smallest absolute Gasteiger partial charge is 0.410 e. The minimum absolute atomic E-state index is 0.171. The number of hydrogen-bond acceptors (Lipinski definition) is 3. The van der Waals surface area contributed by atoms with Gasteiger partial charge in [-0.25, -0.2) is 4.79 Å². The van der Waals surface area contributed by atoms with Gasteiger partial charge in [-0.1, -0.05) is 60.7 Å². The molecule has 0 saturated carbocycles. The number of amides is 1. The maximum absolute atomic E-state index is 12.4. The number of piperidine rings is 1. The molecule has 3 rings (SSSR count). The number of carboxylic acids is 1. The Morgan fingerprint density at radius 1 is 1.00 bits per heavy atom. The van der Waals surface area contributed by atoms with Gasteiger partial charge in [0.05, 0.1) is 5.41 Å². The molecule has 1 aliphatic heterocycles. The molecular formula is C21H23NO4. The van der Waals surface area contributed by atoms with E-state index in [1.165, 1.54) is 4.90 Å². The number of carboxylic acid groups (broad SMARTS) is 1. The fourth-order valence-corrected chi connectivity index (χ4v) is 3.48. The Morgan fingerprint density at radius 3 is 2.23 bits per heavy atom. The van der Waals surface area contributed by atoms with Crippen molar-refractivity contribution < 1.29 is 19.4 Å². The summed E-state index contributed by atoms with van der Waals surface area (Å²) >= 11 is 0. The molecule has 26 heavy (non-hydrogen) atoms. The van der Waals surface area contributed by atoms with Crippen LogP contribution >= 0.6 is 0 Å². The summed E-state index contributed by atoms with van der Waals surface area (Å²) in [6.45, 7) is 0.886. The van der Waals surface area contributed by atoms with Crippen molar-refractivity contribution in [2.45, 2.75) is 25.9 Å². The zero-order valence-electron chi connectivity index (χ0n) is 14.6. The highest BCUT2D eigenvalue weighted by molar-refractivity contribution is 5.77. The van der Waals surface area contributed by atoms with E-state index in [2.05, 4.69) is 0 Å². The molecule has 1 unspecified atom stereocenters. The predicted molar refractivity (Wildman–Crippen MR) is 97.6 cm³/mol. The van der Waals surface area contributed by atoms with E-state index in [0.29, 0.717) is 25.8 Å². The Labute approximate surface area is 153 Å². The maximum atomic E-state index is 12.4. The van der Waals surface area contributed by atoms with E-state index < -0.39 is 17.5 Å². The highest BCUT2D eigenvalue weighted by atomic mass is 16.6. The molecule has 1 amide bonds. The molecule has 1 aliphatic rings. The third-order valence-corrected chi connectivity index (χ3v) is 4.88. The van der Waals surface area contributed by atoms with Gasteiger partial charge in [0.1, 0.15) is 6.61 Å². The average Bonchev–Trinajstić information content (AvgIpc) is 2.68. The van der Waals surface area contributed by atoms with E-state index in [4.69, 9.17) is 4.74 Å². The second-order valence-corrected chi connectivity index (χ2v) is 6.81. The van der Waals surface area contributed by atoms with Crippen LogP contribution in [-0.4, -0.2) is 35.2 Å². The average molecular weight is 353 g/mol. The molecule has 136 valence electrons. The Hall–Kier alpha value is -2.82. The van der Waals surface area contributed by atoms with Crippen LogP contribution in [0.3, 0.4) is 0 Å². The van der Waals surface area contributed by atoms with Gasteiger partial charge in [0.15, 0.2) is 0 Å². The van der Waals surface area contributed by atoms with Crippen LogP contribution in [0.4, 0.5) is 4.79 Å². The van der Waals surface area contributed by atoms with Crippen molar-refractivity contribution in [1.29, 1.82) is 0 Å². The lowest BCUT2D eigenvalue weighted by molar-refractivity contribution is -0.152. The molecule has 0 aliphatic carbocycles. The van der Waals surface area contributed by atoms with Crippen LogP contribution in [-0.2, 0) is 22.6 Å². The Bertz CT molecular complexity index is 747. The summed E-state index contributed by atoms with van der Waals surface area (Å²) in [5, 5.41) is 9.88. The standard InChI is InChI=1S/C21H23NO4/c23-19(24)21(14-17-8-3-1-4-9-17)12-7-13-22(16-21)20(25)26-15-18-10-5-2-6-11-18/h1-6,8-11H,7,12-16H2,(H,23,24). The number of ether oxygens (including phenoxy) is 1. The lowest BCUT2D eigenvalue weighted by Gasteiger charge is -2.39. The minimum atomic E-state index is -0.967. The van der Waals surface area contributed by atoms with Gasteiger partial charge in [-0.05, 0) is 30.4 Å². The number of benzene rings is 2. The molecular weight excluding hydrogens is 330 g/mol. The molecule has 0 bridgehead atoms. The van der Waals surface area contributed by atoms with Gasteiger partial charge >= 0.3 is 12.1 Å². The van der Waals surface area contributed by atoms with Gasteiger partial charge in [0, 0.05) is 13.1 Å². The quantitative estimate of drug-likeness (QED) is 0.889. The number of carbonyl (C=O) groups is 2. The van der Waals surface area contributed by atoms with E-state index in [9.17, 15) is 14.7 Å². The van der Waals surface area contributed by atoms with Gasteiger partial charge in [-0.3, -0.25) is 4.79 Å². The van der Waals surface area contributed by atoms with E-state index in [0.717, 1.165) is 11.1 Å². The fraction of sp³-hybridized carbons (Fsp3) is 0.333. The molecule has 1 saturated heterocycles. The van der Waals surface area contributed by atoms with Crippen LogP contribution in [0.5, 0.6) is 0 Å². The molecule has 0 radical (unpaired) electrons. The van der Waals surface area contributed by atoms with Gasteiger partial charge in [-0.2, -0.15) is 0 Å². The van der Waals surface area contributed by atoms with E-state index in [1.807, 2.05) is 60.7 Å². The van der Waals surface area contributed by atoms with Crippen molar-refractivity contribution >= 4 is 12.1 Å². The van der Waals surface area contributed by atoms with Crippen molar-refractivity contribution in [3.63, 3.8) is 0 Å². The minimum Gasteiger partial charge on any atom is -0.481 e. The van der Waals surface area contributed by atoms with Crippen LogP contribution in [0.25, 0.3) is 0 Å². The van der Waals surface area contributed by atoms with Crippen molar-refractivity contribution in [3.8, 4) is 0 Å². The Kier molecular flexibility index (Phi) is 5.56. The van der Waals surface area contributed by atoms with Crippen LogP contribution in [0.2, 0.25) is 0 Å². The summed E-state index contributed by atoms with van der Waals surface area (Å²) in [7, 11) is 0. The van der Waals surface area contributed by atoms with E-state index in [1.54, 1.807) is 0 Å². The topological polar surface area (TPSA) is 66.8 Å². The molecule has 5 heteroatoms. The van der Waals surface area contributed by atoms with Crippen molar-refractivity contribution in [2.75, 3.05) is 13.1 Å². The molecule has 0 spiro atoms. The summed E-state index contributed by atoms with van der Waals surface area (Å²) in [4.78, 5) is 26.0. The second kappa shape index (κ2) is 8.04. The van der Waals surface area contributed by atoms with Crippen molar-refractivity contribution in [1.82, 2.24) is 4.90 Å². The zero-order valence-corrected chi connectivity index (χ0v) is 14.6. The molecule has 1 atom stereocenters. The molecule has 1 fully saturated rings. The number of rotatable bonds is 5. The molecule has 1 N–H and O–H groups in total. The largest absolute Gasteiger partial charge is 0.481 e. The molecule has 1 heterocycles. The summed E-state index contributed by atoms with van der Waals surface area (Å²) in [6, 6.07) is 19.0. The predicted octanol–water partition coefficient (Wildman–Crippen LogP) is 3.73. The lowest BCUT2D eigenvalue weighted by Crippen LogP contribution is -2.51. The Balaban J connectivity index is 1.67. The fourth-order valence-electron chi connectivity index (χ4n) is 3.48. The van der Waals surface area contributed by atoms with Crippen LogP contribution < -0.4 is 0 Å². The second-order valence-electron chi connectivity index (χ2n) is 6.81. The molecule has 0 aromatic heterocycles. The zero-order chi connectivity index (χ0) is 18.4. The number of hydrogen-bond donors (Lipinski definition) is 1. The van der Waals surface area contributed by atoms with Gasteiger partial charge < -0.3 is 14.7 Å². The number of nitrogens with zero attached hydrogens (tertiary/aromatic N) is 1. The van der Waals surface area contributed by atoms with Gasteiger partial charge in [-0.15, -0.1) is 0 Å². The van der Waals surface area contributed by atoms with Crippen molar-refractivity contribution in [3.05, 3.63) is 71.8 Å². The first-order chi connectivity index (χ1) is 12.6. The highest BCUT2D eigenvalue weighted by Gasteiger charge is 2.44. The first-order valence-corrected chi connectivity index (χ1v) is 8.82. The summed E-state index contributed by atoms with van der Waals surface area (Å²) < 4.78 is 5.38. The number of aliphatic carboxylic acids is 1. The summed E-state index contributed by atoms with van der Waals surface area (Å²) in [5.74, 6) is -0.859. The summed E-state index contributed by atoms with van der Waals surface area (Å²) in [6.07, 6.45) is 1.16. The lowest BCUT2D eigenvalue weighted by atomic mass is 9.75. The number of carbonyl (C=O) groups excluding carboxylic acids is 1. The monoisotopic (exact) mass is 353 g/mol. The maximum Gasteiger partial charge on any atom is 0.410 e. The Morgan fingerprint density at radius 2 is 1.62 bits per heavy atom. The van der Waals surface area contributed by atoms with E-state index in [-0.39, 0.29) is 13.2 Å². The molecule has 2 aromatic rings. The summed E-state index contributed by atoms with van der Waals surface area (Å²) in [5.41, 5.74) is 0.909.